The van der Waals surface area contributed by atoms with Gasteiger partial charge in [0, 0.05) is 19.3 Å². The molecule has 6 heteroatoms. The van der Waals surface area contributed by atoms with E-state index in [2.05, 4.69) is 130 Å². The monoisotopic (exact) mass is 1120 g/mol. The van der Waals surface area contributed by atoms with Crippen LogP contribution in [0.3, 0.4) is 0 Å². The molecule has 0 saturated carbocycles. The zero-order valence-electron chi connectivity index (χ0n) is 53.3. The summed E-state index contributed by atoms with van der Waals surface area (Å²) in [5.41, 5.74) is 0. The number of carbonyl (C=O) groups is 3. The highest BCUT2D eigenvalue weighted by molar-refractivity contribution is 5.71. The van der Waals surface area contributed by atoms with Crippen LogP contribution in [0.25, 0.3) is 0 Å². The second-order valence-electron chi connectivity index (χ2n) is 22.7. The van der Waals surface area contributed by atoms with Crippen LogP contribution in [0, 0.1) is 0 Å². The van der Waals surface area contributed by atoms with Gasteiger partial charge in [0.15, 0.2) is 6.10 Å². The van der Waals surface area contributed by atoms with E-state index in [1.165, 1.54) is 167 Å². The lowest BCUT2D eigenvalue weighted by molar-refractivity contribution is -0.167. The Hall–Kier alpha value is -3.93. The van der Waals surface area contributed by atoms with Gasteiger partial charge in [-0.3, -0.25) is 14.4 Å². The lowest BCUT2D eigenvalue weighted by Gasteiger charge is -2.18. The minimum atomic E-state index is -0.793. The molecule has 81 heavy (non-hydrogen) atoms. The Morgan fingerprint density at radius 1 is 0.259 bits per heavy atom. The fourth-order valence-electron chi connectivity index (χ4n) is 9.63. The van der Waals surface area contributed by atoms with Crippen LogP contribution in [-0.2, 0) is 28.6 Å². The topological polar surface area (TPSA) is 78.9 Å². The summed E-state index contributed by atoms with van der Waals surface area (Å²) in [4.78, 5) is 38.4. The molecule has 0 heterocycles. The van der Waals surface area contributed by atoms with Crippen molar-refractivity contribution >= 4 is 17.9 Å². The van der Waals surface area contributed by atoms with E-state index in [0.717, 1.165) is 122 Å². The minimum absolute atomic E-state index is 0.0855. The normalized spacial score (nSPS) is 12.8. The first-order chi connectivity index (χ1) is 40.0. The second-order valence-corrected chi connectivity index (χ2v) is 22.7. The SMILES string of the molecule is CC/C=C\C/C=C\C/C=C\C/C=C\C/C=C\C/C=C\C/C=C\C/C=C\CCCCCCC(=O)OCC(COC(=O)CCCCCCCCCCCCCCCCCCC)OC(=O)CCCCCCCCC/C=C\CCCCCCCC. The standard InChI is InChI=1S/C75H128O6/c1-4-7-10-13-16-19-22-25-28-31-32-33-34-35-36-37-38-39-40-41-42-45-47-50-53-56-59-62-65-68-74(77)80-71-72(81-75(78)69-66-63-60-57-54-51-48-44-30-27-24-21-18-15-12-9-6-3)70-79-73(76)67-64-61-58-55-52-49-46-43-29-26-23-20-17-14-11-8-5-2/h7,10,16,19,25,27-28,30,32-33,35-36,38-39,41-42,47,50,72H,4-6,8-9,11-15,17-18,20-24,26,29,31,34,37,40,43-46,48-49,51-71H2,1-3H3/b10-7-,19-16-,28-25-,30-27-,33-32-,36-35-,39-38-,42-41-,50-47-. The van der Waals surface area contributed by atoms with Crippen molar-refractivity contribution in [2.45, 2.75) is 335 Å². The van der Waals surface area contributed by atoms with Crippen LogP contribution in [0.1, 0.15) is 329 Å². The number of hydrogen-bond donors (Lipinski definition) is 0. The van der Waals surface area contributed by atoms with E-state index in [-0.39, 0.29) is 31.1 Å². The van der Waals surface area contributed by atoms with Crippen molar-refractivity contribution in [1.82, 2.24) is 0 Å². The third kappa shape index (κ3) is 66.8. The number of hydrogen-bond acceptors (Lipinski definition) is 6. The Kier molecular flexibility index (Phi) is 65.2. The Labute approximate surface area is 501 Å². The highest BCUT2D eigenvalue weighted by atomic mass is 16.6. The molecule has 0 aliphatic heterocycles. The van der Waals surface area contributed by atoms with Crippen molar-refractivity contribution in [3.63, 3.8) is 0 Å². The van der Waals surface area contributed by atoms with Crippen LogP contribution in [0.2, 0.25) is 0 Å². The first-order valence-corrected chi connectivity index (χ1v) is 34.4. The van der Waals surface area contributed by atoms with Crippen LogP contribution < -0.4 is 0 Å². The van der Waals surface area contributed by atoms with E-state index in [1.54, 1.807) is 0 Å². The van der Waals surface area contributed by atoms with E-state index < -0.39 is 6.10 Å². The molecule has 1 atom stereocenters. The number of ether oxygens (including phenoxy) is 3. The molecule has 1 unspecified atom stereocenters. The van der Waals surface area contributed by atoms with E-state index in [0.29, 0.717) is 19.3 Å². The fourth-order valence-corrected chi connectivity index (χ4v) is 9.63. The van der Waals surface area contributed by atoms with Crippen molar-refractivity contribution in [2.24, 2.45) is 0 Å². The van der Waals surface area contributed by atoms with E-state index in [4.69, 9.17) is 14.2 Å². The van der Waals surface area contributed by atoms with Crippen LogP contribution in [0.15, 0.2) is 109 Å². The molecule has 0 N–H and O–H groups in total. The third-order valence-electron chi connectivity index (χ3n) is 14.8. The van der Waals surface area contributed by atoms with Gasteiger partial charge in [-0.25, -0.2) is 0 Å². The van der Waals surface area contributed by atoms with Gasteiger partial charge in [-0.1, -0.05) is 310 Å². The molecule has 0 radical (unpaired) electrons. The van der Waals surface area contributed by atoms with Crippen LogP contribution in [0.4, 0.5) is 0 Å². The predicted octanol–water partition coefficient (Wildman–Crippen LogP) is 23.8. The highest BCUT2D eigenvalue weighted by Crippen LogP contribution is 2.17. The van der Waals surface area contributed by atoms with Crippen molar-refractivity contribution in [3.8, 4) is 0 Å². The molecule has 0 rings (SSSR count). The predicted molar refractivity (Wildman–Crippen MR) is 353 cm³/mol. The first-order valence-electron chi connectivity index (χ1n) is 34.4. The maximum atomic E-state index is 12.9. The Morgan fingerprint density at radius 3 is 0.765 bits per heavy atom. The van der Waals surface area contributed by atoms with Crippen LogP contribution in [0.5, 0.6) is 0 Å². The Bertz CT molecular complexity index is 1620. The van der Waals surface area contributed by atoms with Gasteiger partial charge < -0.3 is 14.2 Å². The zero-order chi connectivity index (χ0) is 58.5. The molecule has 0 aromatic carbocycles. The fraction of sp³-hybridized carbons (Fsp3) is 0.720. The van der Waals surface area contributed by atoms with Gasteiger partial charge in [0.05, 0.1) is 0 Å². The summed E-state index contributed by atoms with van der Waals surface area (Å²) in [6, 6.07) is 0. The number of esters is 3. The number of rotatable bonds is 62. The highest BCUT2D eigenvalue weighted by Gasteiger charge is 2.19. The molecule has 0 amide bonds. The molecule has 0 fully saturated rings. The van der Waals surface area contributed by atoms with Gasteiger partial charge in [0.2, 0.25) is 0 Å². The van der Waals surface area contributed by atoms with Crippen molar-refractivity contribution < 1.29 is 28.6 Å². The van der Waals surface area contributed by atoms with Crippen molar-refractivity contribution in [1.29, 1.82) is 0 Å². The molecule has 0 aromatic heterocycles. The summed E-state index contributed by atoms with van der Waals surface area (Å²) in [6.45, 7) is 6.54. The maximum Gasteiger partial charge on any atom is 0.306 e. The average molecular weight is 1130 g/mol. The van der Waals surface area contributed by atoms with Gasteiger partial charge in [0.25, 0.3) is 0 Å². The molecule has 464 valence electrons. The molecule has 6 nitrogen and oxygen atoms in total. The molecular formula is C75H128O6. The molecule has 0 aliphatic carbocycles. The lowest BCUT2D eigenvalue weighted by atomic mass is 10.0. The second kappa shape index (κ2) is 68.6. The van der Waals surface area contributed by atoms with Crippen LogP contribution >= 0.6 is 0 Å². The Morgan fingerprint density at radius 2 is 0.481 bits per heavy atom. The lowest BCUT2D eigenvalue weighted by Crippen LogP contribution is -2.30. The molecule has 0 spiro atoms. The van der Waals surface area contributed by atoms with Crippen molar-refractivity contribution in [3.05, 3.63) is 109 Å². The summed E-state index contributed by atoms with van der Waals surface area (Å²) in [7, 11) is 0. The summed E-state index contributed by atoms with van der Waals surface area (Å²) < 4.78 is 17.0. The summed E-state index contributed by atoms with van der Waals surface area (Å²) >= 11 is 0. The largest absolute Gasteiger partial charge is 0.462 e. The van der Waals surface area contributed by atoms with Crippen molar-refractivity contribution in [2.75, 3.05) is 13.2 Å². The average Bonchev–Trinajstić information content (AvgIpc) is 3.47. The summed E-state index contributed by atoms with van der Waals surface area (Å²) in [6.07, 6.45) is 93.8. The van der Waals surface area contributed by atoms with Gasteiger partial charge >= 0.3 is 17.9 Å². The minimum Gasteiger partial charge on any atom is -0.462 e. The third-order valence-corrected chi connectivity index (χ3v) is 14.8. The number of unbranched alkanes of at least 4 members (excludes halogenated alkanes) is 33. The summed E-state index contributed by atoms with van der Waals surface area (Å²) in [5.74, 6) is -0.902. The van der Waals surface area contributed by atoms with Gasteiger partial charge in [0.1, 0.15) is 13.2 Å². The van der Waals surface area contributed by atoms with E-state index in [9.17, 15) is 14.4 Å². The number of allylic oxidation sites excluding steroid dienone is 18. The Balaban J connectivity index is 4.40. The van der Waals surface area contributed by atoms with Gasteiger partial charge in [-0.05, 0) is 109 Å². The van der Waals surface area contributed by atoms with E-state index in [1.807, 2.05) is 0 Å². The molecule has 0 bridgehead atoms. The van der Waals surface area contributed by atoms with E-state index >= 15 is 0 Å². The quantitative estimate of drug-likeness (QED) is 0.0261. The molecule has 0 aliphatic rings. The maximum absolute atomic E-state index is 12.9. The molecule has 0 saturated heterocycles. The first kappa shape index (κ1) is 77.1. The summed E-state index contributed by atoms with van der Waals surface area (Å²) in [5, 5.41) is 0. The number of carbonyl (C=O) groups excluding carboxylic acids is 3. The molecule has 0 aromatic rings. The molecular weight excluding hydrogens is 997 g/mol. The van der Waals surface area contributed by atoms with Crippen LogP contribution in [-0.4, -0.2) is 37.2 Å². The smallest absolute Gasteiger partial charge is 0.306 e. The van der Waals surface area contributed by atoms with Gasteiger partial charge in [-0.15, -0.1) is 0 Å². The zero-order valence-corrected chi connectivity index (χ0v) is 53.3. The van der Waals surface area contributed by atoms with Gasteiger partial charge in [-0.2, -0.15) is 0 Å².